The fraction of sp³-hybridized carbons (Fsp3) is 0.385. The van der Waals surface area contributed by atoms with Crippen LogP contribution < -0.4 is 5.32 Å². The van der Waals surface area contributed by atoms with E-state index in [2.05, 4.69) is 5.32 Å². The molecule has 0 radical (unpaired) electrons. The van der Waals surface area contributed by atoms with Gasteiger partial charge in [0.25, 0.3) is 0 Å². The van der Waals surface area contributed by atoms with Crippen LogP contribution in [0.15, 0.2) is 23.1 Å². The largest absolute Gasteiger partial charge is 0.506 e. The van der Waals surface area contributed by atoms with Crippen LogP contribution in [0, 0.1) is 11.3 Å². The molecule has 0 aromatic heterocycles. The Morgan fingerprint density at radius 3 is 2.73 bits per heavy atom. The summed E-state index contributed by atoms with van der Waals surface area (Å²) in [4.78, 5) is 11.4. The van der Waals surface area contributed by atoms with Crippen molar-refractivity contribution in [3.05, 3.63) is 18.2 Å². The van der Waals surface area contributed by atoms with Crippen molar-refractivity contribution >= 4 is 21.6 Å². The van der Waals surface area contributed by atoms with Gasteiger partial charge in [0, 0.05) is 13.1 Å². The highest BCUT2D eigenvalue weighted by molar-refractivity contribution is 7.89. The van der Waals surface area contributed by atoms with Gasteiger partial charge in [-0.2, -0.15) is 9.57 Å². The molecule has 118 valence electrons. The van der Waals surface area contributed by atoms with Gasteiger partial charge in [-0.1, -0.05) is 0 Å². The van der Waals surface area contributed by atoms with E-state index in [1.165, 1.54) is 22.5 Å². The first kappa shape index (κ1) is 16.2. The molecule has 1 saturated heterocycles. The van der Waals surface area contributed by atoms with Gasteiger partial charge in [0.05, 0.1) is 29.9 Å². The quantitative estimate of drug-likeness (QED) is 0.767. The number of carbonyl (C=O) groups excluding carboxylic acids is 1. The molecular formula is C13H15N3O5S. The third-order valence-electron chi connectivity index (χ3n) is 3.09. The monoisotopic (exact) mass is 325 g/mol. The molecule has 1 fully saturated rings. The van der Waals surface area contributed by atoms with Crippen molar-refractivity contribution in [2.45, 2.75) is 11.3 Å². The number of anilines is 1. The number of nitrogens with one attached hydrogen (secondary N) is 1. The van der Waals surface area contributed by atoms with E-state index < -0.39 is 15.9 Å². The minimum absolute atomic E-state index is 0.0422. The first-order valence-electron chi connectivity index (χ1n) is 6.53. The highest BCUT2D eigenvalue weighted by Gasteiger charge is 2.27. The number of phenolic OH excluding ortho intramolecular Hbond substituents is 1. The van der Waals surface area contributed by atoms with Crippen LogP contribution in [-0.4, -0.2) is 50.0 Å². The van der Waals surface area contributed by atoms with E-state index in [0.717, 1.165) is 0 Å². The lowest BCUT2D eigenvalue weighted by Crippen LogP contribution is -2.40. The molecule has 0 atom stereocenters. The van der Waals surface area contributed by atoms with Gasteiger partial charge < -0.3 is 15.2 Å². The second-order valence-corrected chi connectivity index (χ2v) is 6.52. The average Bonchev–Trinajstić information content (AvgIpc) is 2.50. The Balaban J connectivity index is 2.28. The van der Waals surface area contributed by atoms with E-state index in [9.17, 15) is 18.3 Å². The molecule has 1 aliphatic rings. The second kappa shape index (κ2) is 6.74. The molecule has 1 aliphatic heterocycles. The summed E-state index contributed by atoms with van der Waals surface area (Å²) in [5.41, 5.74) is -0.0467. The Labute approximate surface area is 128 Å². The smallest absolute Gasteiger partial charge is 0.243 e. The molecule has 0 unspecified atom stereocenters. The number of nitrogens with zero attached hydrogens (tertiary/aromatic N) is 2. The van der Waals surface area contributed by atoms with Crippen LogP contribution in [0.5, 0.6) is 5.75 Å². The van der Waals surface area contributed by atoms with Gasteiger partial charge in [-0.3, -0.25) is 4.79 Å². The number of morpholine rings is 1. The predicted octanol–water partition coefficient (Wildman–Crippen LogP) is 0.265. The number of aromatic hydroxyl groups is 1. The summed E-state index contributed by atoms with van der Waals surface area (Å²) in [6.45, 7) is 1.14. The summed E-state index contributed by atoms with van der Waals surface area (Å²) < 4.78 is 31.4. The minimum atomic E-state index is -3.72. The third kappa shape index (κ3) is 3.54. The number of phenols is 1. The van der Waals surface area contributed by atoms with Gasteiger partial charge in [0.1, 0.15) is 12.2 Å². The van der Waals surface area contributed by atoms with Gasteiger partial charge in [-0.05, 0) is 18.2 Å². The maximum Gasteiger partial charge on any atom is 0.243 e. The zero-order valence-electron chi connectivity index (χ0n) is 11.7. The van der Waals surface area contributed by atoms with Crippen LogP contribution in [0.4, 0.5) is 5.69 Å². The van der Waals surface area contributed by atoms with Crippen LogP contribution in [0.25, 0.3) is 0 Å². The maximum absolute atomic E-state index is 12.5. The summed E-state index contributed by atoms with van der Waals surface area (Å²) in [6.07, 6.45) is -0.389. The van der Waals surface area contributed by atoms with Crippen molar-refractivity contribution in [2.24, 2.45) is 0 Å². The molecule has 0 bridgehead atoms. The van der Waals surface area contributed by atoms with Crippen molar-refractivity contribution in [3.63, 3.8) is 0 Å². The summed E-state index contributed by atoms with van der Waals surface area (Å²) in [5, 5.41) is 20.5. The van der Waals surface area contributed by atoms with E-state index >= 15 is 0 Å². The number of carbonyl (C=O) groups is 1. The number of benzene rings is 1. The molecular weight excluding hydrogens is 310 g/mol. The van der Waals surface area contributed by atoms with E-state index in [-0.39, 0.29) is 35.8 Å². The Kier molecular flexibility index (Phi) is 4.97. The molecule has 1 heterocycles. The molecule has 22 heavy (non-hydrogen) atoms. The predicted molar refractivity (Wildman–Crippen MR) is 76.5 cm³/mol. The second-order valence-electron chi connectivity index (χ2n) is 4.58. The molecule has 9 heteroatoms. The fourth-order valence-corrected chi connectivity index (χ4v) is 3.41. The molecule has 0 saturated carbocycles. The maximum atomic E-state index is 12.5. The van der Waals surface area contributed by atoms with Crippen molar-refractivity contribution < 1.29 is 23.1 Å². The molecule has 2 N–H and O–H groups in total. The molecule has 2 rings (SSSR count). The van der Waals surface area contributed by atoms with Gasteiger partial charge in [-0.25, -0.2) is 8.42 Å². The number of ether oxygens (including phenoxy) is 1. The Bertz CT molecular complexity index is 705. The number of amides is 1. The van der Waals surface area contributed by atoms with Crippen LogP contribution >= 0.6 is 0 Å². The zero-order chi connectivity index (χ0) is 16.2. The highest BCUT2D eigenvalue weighted by Crippen LogP contribution is 2.28. The van der Waals surface area contributed by atoms with Crippen molar-refractivity contribution in [2.75, 3.05) is 31.6 Å². The number of hydrogen-bond donors (Lipinski definition) is 2. The van der Waals surface area contributed by atoms with Gasteiger partial charge in [-0.15, -0.1) is 0 Å². The average molecular weight is 325 g/mol. The number of nitriles is 1. The molecule has 0 spiro atoms. The molecule has 1 aromatic rings. The SMILES string of the molecule is N#CCC(=O)Nc1cc(S(=O)(=O)N2CCOCC2)ccc1O. The molecule has 8 nitrogen and oxygen atoms in total. The van der Waals surface area contributed by atoms with Crippen molar-refractivity contribution in [1.82, 2.24) is 4.31 Å². The van der Waals surface area contributed by atoms with Gasteiger partial charge in [0.2, 0.25) is 15.9 Å². The lowest BCUT2D eigenvalue weighted by molar-refractivity contribution is -0.115. The first-order valence-corrected chi connectivity index (χ1v) is 7.97. The normalized spacial score (nSPS) is 16.0. The van der Waals surface area contributed by atoms with Crippen molar-refractivity contribution in [3.8, 4) is 11.8 Å². The van der Waals surface area contributed by atoms with E-state index in [1.807, 2.05) is 0 Å². The topological polar surface area (TPSA) is 120 Å². The van der Waals surface area contributed by atoms with Crippen LogP contribution in [0.3, 0.4) is 0 Å². The summed E-state index contributed by atoms with van der Waals surface area (Å²) >= 11 is 0. The van der Waals surface area contributed by atoms with Gasteiger partial charge >= 0.3 is 0 Å². The molecule has 1 aromatic carbocycles. The van der Waals surface area contributed by atoms with Crippen molar-refractivity contribution in [1.29, 1.82) is 5.26 Å². The first-order chi connectivity index (χ1) is 10.4. The van der Waals surface area contributed by atoms with Crippen LogP contribution in [0.2, 0.25) is 0 Å². The Hall–Kier alpha value is -2.15. The third-order valence-corrected chi connectivity index (χ3v) is 4.98. The minimum Gasteiger partial charge on any atom is -0.506 e. The lowest BCUT2D eigenvalue weighted by Gasteiger charge is -2.26. The van der Waals surface area contributed by atoms with E-state index in [4.69, 9.17) is 10.00 Å². The summed E-state index contributed by atoms with van der Waals surface area (Å²) in [6, 6.07) is 5.30. The summed E-state index contributed by atoms with van der Waals surface area (Å²) in [7, 11) is -3.72. The molecule has 1 amide bonds. The molecule has 0 aliphatic carbocycles. The lowest BCUT2D eigenvalue weighted by atomic mass is 10.3. The highest BCUT2D eigenvalue weighted by atomic mass is 32.2. The fourth-order valence-electron chi connectivity index (χ4n) is 1.98. The number of rotatable bonds is 4. The zero-order valence-corrected chi connectivity index (χ0v) is 12.5. The Morgan fingerprint density at radius 2 is 2.09 bits per heavy atom. The van der Waals surface area contributed by atoms with Crippen LogP contribution in [0.1, 0.15) is 6.42 Å². The van der Waals surface area contributed by atoms with E-state index in [1.54, 1.807) is 6.07 Å². The number of sulfonamides is 1. The standard InChI is InChI=1S/C13H15N3O5S/c14-4-3-13(18)15-11-9-10(1-2-12(11)17)22(19,20)16-5-7-21-8-6-16/h1-2,9,17H,3,5-8H2,(H,15,18). The number of hydrogen-bond acceptors (Lipinski definition) is 6. The van der Waals surface area contributed by atoms with Crippen LogP contribution in [-0.2, 0) is 19.6 Å². The summed E-state index contributed by atoms with van der Waals surface area (Å²) in [5.74, 6) is -0.897. The van der Waals surface area contributed by atoms with E-state index in [0.29, 0.717) is 13.2 Å². The Morgan fingerprint density at radius 1 is 1.41 bits per heavy atom. The van der Waals surface area contributed by atoms with Gasteiger partial charge in [0.15, 0.2) is 0 Å².